The van der Waals surface area contributed by atoms with Gasteiger partial charge in [0, 0.05) is 31.7 Å². The van der Waals surface area contributed by atoms with Gasteiger partial charge in [0.25, 0.3) is 5.91 Å². The molecule has 1 saturated heterocycles. The Morgan fingerprint density at radius 3 is 2.68 bits per heavy atom. The Bertz CT molecular complexity index is 587. The number of nitrogens with two attached hydrogens (primary N) is 1. The zero-order valence-corrected chi connectivity index (χ0v) is 15.9. The van der Waals surface area contributed by atoms with Gasteiger partial charge in [-0.1, -0.05) is 11.6 Å². The summed E-state index contributed by atoms with van der Waals surface area (Å²) in [7, 11) is 1.51. The standard InChI is InChI=1S/C18H28ClN3O3/c1-12(2)25-9-8-22-6-4-13(5-7-22)21-18(23)14-10-15(19)16(20)11-17(14)24-3/h10-13H,4-9,20H2,1-3H3,(H,21,23). The Labute approximate surface area is 154 Å². The zero-order valence-electron chi connectivity index (χ0n) is 15.2. The molecule has 2 rings (SSSR count). The maximum absolute atomic E-state index is 12.6. The van der Waals surface area contributed by atoms with Gasteiger partial charge in [-0.2, -0.15) is 0 Å². The number of benzene rings is 1. The van der Waals surface area contributed by atoms with Crippen LogP contribution < -0.4 is 15.8 Å². The van der Waals surface area contributed by atoms with E-state index in [-0.39, 0.29) is 18.1 Å². The molecular weight excluding hydrogens is 342 g/mol. The first kappa shape index (κ1) is 19.8. The van der Waals surface area contributed by atoms with Crippen molar-refractivity contribution in [3.63, 3.8) is 0 Å². The fourth-order valence-electron chi connectivity index (χ4n) is 2.90. The van der Waals surface area contributed by atoms with E-state index in [9.17, 15) is 4.79 Å². The van der Waals surface area contributed by atoms with E-state index in [1.807, 2.05) is 13.8 Å². The number of piperidine rings is 1. The number of rotatable bonds is 7. The minimum Gasteiger partial charge on any atom is -0.496 e. The van der Waals surface area contributed by atoms with Crippen molar-refractivity contribution in [3.05, 3.63) is 22.7 Å². The van der Waals surface area contributed by atoms with E-state index in [4.69, 9.17) is 26.8 Å². The first-order valence-electron chi connectivity index (χ1n) is 8.68. The normalized spacial score (nSPS) is 16.2. The van der Waals surface area contributed by atoms with Gasteiger partial charge in [-0.15, -0.1) is 0 Å². The monoisotopic (exact) mass is 369 g/mol. The largest absolute Gasteiger partial charge is 0.496 e. The predicted octanol–water partition coefficient (Wildman–Crippen LogP) is 2.55. The molecule has 6 nitrogen and oxygen atoms in total. The van der Waals surface area contributed by atoms with E-state index in [0.717, 1.165) is 39.1 Å². The molecular formula is C18H28ClN3O3. The molecule has 0 aromatic heterocycles. The van der Waals surface area contributed by atoms with Crippen LogP contribution in [0, 0.1) is 0 Å². The Hall–Kier alpha value is -1.50. The van der Waals surface area contributed by atoms with Gasteiger partial charge in [0.05, 0.1) is 36.1 Å². The molecule has 1 aromatic carbocycles. The Morgan fingerprint density at radius 2 is 2.08 bits per heavy atom. The molecule has 1 amide bonds. The van der Waals surface area contributed by atoms with Gasteiger partial charge in [0.2, 0.25) is 0 Å². The molecule has 0 unspecified atom stereocenters. The van der Waals surface area contributed by atoms with Crippen LogP contribution in [0.1, 0.15) is 37.0 Å². The van der Waals surface area contributed by atoms with Gasteiger partial charge in [-0.25, -0.2) is 0 Å². The van der Waals surface area contributed by atoms with Crippen molar-refractivity contribution >= 4 is 23.2 Å². The summed E-state index contributed by atoms with van der Waals surface area (Å²) in [6, 6.07) is 3.29. The summed E-state index contributed by atoms with van der Waals surface area (Å²) in [5, 5.41) is 3.43. The molecule has 1 aromatic rings. The fraction of sp³-hybridized carbons (Fsp3) is 0.611. The lowest BCUT2D eigenvalue weighted by Gasteiger charge is -2.32. The number of anilines is 1. The summed E-state index contributed by atoms with van der Waals surface area (Å²) in [5.41, 5.74) is 6.57. The van der Waals surface area contributed by atoms with Crippen LogP contribution >= 0.6 is 11.6 Å². The molecule has 0 saturated carbocycles. The Kier molecular flexibility index (Phi) is 7.35. The molecule has 7 heteroatoms. The lowest BCUT2D eigenvalue weighted by Crippen LogP contribution is -2.45. The first-order chi connectivity index (χ1) is 11.9. The van der Waals surface area contributed by atoms with Crippen molar-refractivity contribution in [1.82, 2.24) is 10.2 Å². The van der Waals surface area contributed by atoms with Crippen LogP contribution in [-0.4, -0.2) is 56.3 Å². The Balaban J connectivity index is 1.85. The van der Waals surface area contributed by atoms with E-state index in [1.54, 1.807) is 12.1 Å². The summed E-state index contributed by atoms with van der Waals surface area (Å²) in [4.78, 5) is 14.9. The van der Waals surface area contributed by atoms with Gasteiger partial charge in [-0.05, 0) is 32.8 Å². The van der Waals surface area contributed by atoms with Crippen LogP contribution in [0.5, 0.6) is 5.75 Å². The number of methoxy groups -OCH3 is 1. The number of likely N-dealkylation sites (tertiary alicyclic amines) is 1. The molecule has 1 aliphatic rings. The molecule has 1 fully saturated rings. The second kappa shape index (κ2) is 9.27. The van der Waals surface area contributed by atoms with Gasteiger partial charge in [0.1, 0.15) is 5.75 Å². The zero-order chi connectivity index (χ0) is 18.4. The van der Waals surface area contributed by atoms with E-state index >= 15 is 0 Å². The summed E-state index contributed by atoms with van der Waals surface area (Å²) >= 11 is 6.04. The summed E-state index contributed by atoms with van der Waals surface area (Å²) in [6.07, 6.45) is 2.09. The number of nitrogen functional groups attached to an aromatic ring is 1. The number of ether oxygens (including phenoxy) is 2. The third kappa shape index (κ3) is 5.76. The van der Waals surface area contributed by atoms with Gasteiger partial charge in [-0.3, -0.25) is 4.79 Å². The molecule has 0 radical (unpaired) electrons. The average molecular weight is 370 g/mol. The van der Waals surface area contributed by atoms with Gasteiger partial charge in [0.15, 0.2) is 0 Å². The third-order valence-corrected chi connectivity index (χ3v) is 4.67. The molecule has 0 bridgehead atoms. The van der Waals surface area contributed by atoms with Gasteiger partial charge >= 0.3 is 0 Å². The smallest absolute Gasteiger partial charge is 0.255 e. The highest BCUT2D eigenvalue weighted by atomic mass is 35.5. The predicted molar refractivity (Wildman–Crippen MR) is 100 cm³/mol. The maximum Gasteiger partial charge on any atom is 0.255 e. The number of carbonyl (C=O) groups excluding carboxylic acids is 1. The highest BCUT2D eigenvalue weighted by Crippen LogP contribution is 2.29. The number of nitrogens with zero attached hydrogens (tertiary/aromatic N) is 1. The van der Waals surface area contributed by atoms with E-state index in [0.29, 0.717) is 22.0 Å². The van der Waals surface area contributed by atoms with Crippen LogP contribution in [0.3, 0.4) is 0 Å². The van der Waals surface area contributed by atoms with E-state index in [2.05, 4.69) is 10.2 Å². The molecule has 0 atom stereocenters. The van der Waals surface area contributed by atoms with Crippen LogP contribution in [0.15, 0.2) is 12.1 Å². The molecule has 25 heavy (non-hydrogen) atoms. The molecule has 140 valence electrons. The number of hydrogen-bond acceptors (Lipinski definition) is 5. The third-order valence-electron chi connectivity index (χ3n) is 4.34. The number of carbonyl (C=O) groups is 1. The number of hydrogen-bond donors (Lipinski definition) is 2. The maximum atomic E-state index is 12.6. The van der Waals surface area contributed by atoms with Crippen molar-refractivity contribution < 1.29 is 14.3 Å². The first-order valence-corrected chi connectivity index (χ1v) is 9.06. The number of nitrogens with one attached hydrogen (secondary N) is 1. The summed E-state index contributed by atoms with van der Waals surface area (Å²) < 4.78 is 10.8. The Morgan fingerprint density at radius 1 is 1.40 bits per heavy atom. The summed E-state index contributed by atoms with van der Waals surface area (Å²) in [5.74, 6) is 0.253. The average Bonchev–Trinajstić information content (AvgIpc) is 2.58. The summed E-state index contributed by atoms with van der Waals surface area (Å²) in [6.45, 7) is 7.66. The van der Waals surface area contributed by atoms with Crippen LogP contribution in [0.2, 0.25) is 5.02 Å². The van der Waals surface area contributed by atoms with Gasteiger partial charge < -0.3 is 25.4 Å². The lowest BCUT2D eigenvalue weighted by atomic mass is 10.0. The van der Waals surface area contributed by atoms with Crippen molar-refractivity contribution in [2.45, 2.75) is 38.8 Å². The number of amides is 1. The topological polar surface area (TPSA) is 76.8 Å². The van der Waals surface area contributed by atoms with Crippen molar-refractivity contribution in [2.24, 2.45) is 0 Å². The SMILES string of the molecule is COc1cc(N)c(Cl)cc1C(=O)NC1CCN(CCOC(C)C)CC1. The molecule has 3 N–H and O–H groups in total. The molecule has 0 aliphatic carbocycles. The van der Waals surface area contributed by atoms with Crippen molar-refractivity contribution in [3.8, 4) is 5.75 Å². The molecule has 1 heterocycles. The van der Waals surface area contributed by atoms with E-state index < -0.39 is 0 Å². The van der Waals surface area contributed by atoms with Crippen molar-refractivity contribution in [1.29, 1.82) is 0 Å². The second-order valence-electron chi connectivity index (χ2n) is 6.58. The van der Waals surface area contributed by atoms with E-state index in [1.165, 1.54) is 7.11 Å². The highest BCUT2D eigenvalue weighted by molar-refractivity contribution is 6.33. The number of halogens is 1. The van der Waals surface area contributed by atoms with Crippen LogP contribution in [0.4, 0.5) is 5.69 Å². The fourth-order valence-corrected chi connectivity index (χ4v) is 3.06. The highest BCUT2D eigenvalue weighted by Gasteiger charge is 2.23. The quantitative estimate of drug-likeness (QED) is 0.722. The minimum absolute atomic E-state index is 0.149. The molecule has 1 aliphatic heterocycles. The second-order valence-corrected chi connectivity index (χ2v) is 6.99. The lowest BCUT2D eigenvalue weighted by molar-refractivity contribution is 0.0520. The molecule has 0 spiro atoms. The minimum atomic E-state index is -0.180. The van der Waals surface area contributed by atoms with Crippen molar-refractivity contribution in [2.75, 3.05) is 39.1 Å². The van der Waals surface area contributed by atoms with Crippen LogP contribution in [0.25, 0.3) is 0 Å². The van der Waals surface area contributed by atoms with Crippen LogP contribution in [-0.2, 0) is 4.74 Å².